The Balaban J connectivity index is 2.11. The molecule has 0 spiro atoms. The van der Waals surface area contributed by atoms with Crippen molar-refractivity contribution in [3.63, 3.8) is 0 Å². The van der Waals surface area contributed by atoms with Gasteiger partial charge in [0, 0.05) is 6.42 Å². The van der Waals surface area contributed by atoms with Gasteiger partial charge in [0.25, 0.3) is 0 Å². The molecule has 2 aromatic rings. The lowest BCUT2D eigenvalue weighted by Gasteiger charge is -1.98. The minimum absolute atomic E-state index is 0.221. The highest BCUT2D eigenvalue weighted by Crippen LogP contribution is 2.10. The van der Waals surface area contributed by atoms with Crippen LogP contribution in [0.4, 0.5) is 4.39 Å². The molecule has 0 saturated carbocycles. The molecule has 17 heavy (non-hydrogen) atoms. The summed E-state index contributed by atoms with van der Waals surface area (Å²) in [6.45, 7) is 1.93. The minimum Gasteiger partial charge on any atom is -0.262 e. The smallest absolute Gasteiger partial charge is 0.239 e. The van der Waals surface area contributed by atoms with E-state index in [9.17, 15) is 8.60 Å². The molecular weight excluding hydrogens is 241 g/mol. The van der Waals surface area contributed by atoms with Crippen molar-refractivity contribution in [1.82, 2.24) is 15.2 Å². The van der Waals surface area contributed by atoms with Gasteiger partial charge in [-0.3, -0.25) is 9.31 Å². The van der Waals surface area contributed by atoms with E-state index in [2.05, 4.69) is 15.2 Å². The largest absolute Gasteiger partial charge is 0.262 e. The Morgan fingerprint density at radius 1 is 1.47 bits per heavy atom. The van der Waals surface area contributed by atoms with Gasteiger partial charge in [-0.1, -0.05) is 19.1 Å². The van der Waals surface area contributed by atoms with E-state index < -0.39 is 10.8 Å². The first-order chi connectivity index (χ1) is 8.19. The van der Waals surface area contributed by atoms with Crippen LogP contribution in [0, 0.1) is 5.82 Å². The molecule has 0 bridgehead atoms. The lowest BCUT2D eigenvalue weighted by Crippen LogP contribution is -1.99. The van der Waals surface area contributed by atoms with E-state index in [0.717, 1.165) is 0 Å². The Hall–Kier alpha value is -1.56. The lowest BCUT2D eigenvalue weighted by molar-refractivity contribution is 0.626. The van der Waals surface area contributed by atoms with Crippen LogP contribution in [0.15, 0.2) is 29.4 Å². The number of halogens is 1. The fourth-order valence-corrected chi connectivity index (χ4v) is 2.35. The second kappa shape index (κ2) is 5.18. The first kappa shape index (κ1) is 11.9. The van der Waals surface area contributed by atoms with Crippen molar-refractivity contribution in [1.29, 1.82) is 0 Å². The van der Waals surface area contributed by atoms with Gasteiger partial charge in [-0.2, -0.15) is 0 Å². The molecular formula is C11H12FN3OS. The fourth-order valence-electron chi connectivity index (χ4n) is 1.38. The Bertz CT molecular complexity index is 541. The van der Waals surface area contributed by atoms with Crippen LogP contribution in [0.25, 0.3) is 0 Å². The average Bonchev–Trinajstić information content (AvgIpc) is 2.77. The number of H-pyrrole nitrogens is 1. The zero-order chi connectivity index (χ0) is 12.3. The Morgan fingerprint density at radius 3 is 2.94 bits per heavy atom. The summed E-state index contributed by atoms with van der Waals surface area (Å²) in [5.74, 6) is 0.593. The molecule has 1 aromatic carbocycles. The average molecular weight is 253 g/mol. The Kier molecular flexibility index (Phi) is 3.63. The summed E-state index contributed by atoms with van der Waals surface area (Å²) < 4.78 is 24.8. The van der Waals surface area contributed by atoms with E-state index in [1.807, 2.05) is 6.92 Å². The molecule has 0 radical (unpaired) electrons. The number of aryl methyl sites for hydroxylation is 1. The molecule has 1 N–H and O–H groups in total. The molecule has 90 valence electrons. The van der Waals surface area contributed by atoms with Crippen molar-refractivity contribution in [2.45, 2.75) is 24.3 Å². The number of hydrogen-bond donors (Lipinski definition) is 1. The van der Waals surface area contributed by atoms with Crippen LogP contribution in [-0.2, 0) is 23.0 Å². The SMILES string of the molecule is CCc1nc(S(=O)Cc2cccc(F)c2)n[nH]1. The molecule has 1 unspecified atom stereocenters. The van der Waals surface area contributed by atoms with Crippen LogP contribution >= 0.6 is 0 Å². The third-order valence-electron chi connectivity index (χ3n) is 2.24. The zero-order valence-corrected chi connectivity index (χ0v) is 10.1. The van der Waals surface area contributed by atoms with E-state index >= 15 is 0 Å². The van der Waals surface area contributed by atoms with Gasteiger partial charge >= 0.3 is 0 Å². The van der Waals surface area contributed by atoms with E-state index in [1.165, 1.54) is 12.1 Å². The Labute approximate surface area is 101 Å². The van der Waals surface area contributed by atoms with Crippen molar-refractivity contribution < 1.29 is 8.60 Å². The van der Waals surface area contributed by atoms with E-state index in [0.29, 0.717) is 17.8 Å². The van der Waals surface area contributed by atoms with Crippen molar-refractivity contribution in [2.24, 2.45) is 0 Å². The standard InChI is InChI=1S/C11H12FN3OS/c1-2-10-13-11(15-14-10)17(16)7-8-4-3-5-9(12)6-8/h3-6H,2,7H2,1H3,(H,13,14,15). The maximum Gasteiger partial charge on any atom is 0.239 e. The van der Waals surface area contributed by atoms with Gasteiger partial charge < -0.3 is 0 Å². The molecule has 0 amide bonds. The summed E-state index contributed by atoms with van der Waals surface area (Å²) in [6.07, 6.45) is 0.712. The Morgan fingerprint density at radius 2 is 2.29 bits per heavy atom. The molecule has 0 aliphatic rings. The van der Waals surface area contributed by atoms with E-state index in [1.54, 1.807) is 12.1 Å². The number of aromatic nitrogens is 3. The molecule has 1 aromatic heterocycles. The van der Waals surface area contributed by atoms with Gasteiger partial charge in [-0.25, -0.2) is 9.37 Å². The molecule has 1 atom stereocenters. The summed E-state index contributed by atoms with van der Waals surface area (Å²) in [7, 11) is -1.34. The molecule has 2 rings (SSSR count). The number of nitrogens with zero attached hydrogens (tertiary/aromatic N) is 2. The zero-order valence-electron chi connectivity index (χ0n) is 9.31. The van der Waals surface area contributed by atoms with Gasteiger partial charge in [0.05, 0.1) is 16.6 Å². The highest BCUT2D eigenvalue weighted by Gasteiger charge is 2.11. The van der Waals surface area contributed by atoms with Crippen LogP contribution in [0.5, 0.6) is 0 Å². The highest BCUT2D eigenvalue weighted by molar-refractivity contribution is 7.84. The maximum absolute atomic E-state index is 12.9. The van der Waals surface area contributed by atoms with Crippen LogP contribution in [0.2, 0.25) is 0 Å². The van der Waals surface area contributed by atoms with E-state index in [-0.39, 0.29) is 16.7 Å². The topological polar surface area (TPSA) is 58.6 Å². The number of hydrogen-bond acceptors (Lipinski definition) is 3. The van der Waals surface area contributed by atoms with Crippen LogP contribution < -0.4 is 0 Å². The van der Waals surface area contributed by atoms with E-state index in [4.69, 9.17) is 0 Å². The summed E-state index contributed by atoms with van der Waals surface area (Å²) >= 11 is 0. The molecule has 6 heteroatoms. The second-order valence-electron chi connectivity index (χ2n) is 3.54. The minimum atomic E-state index is -1.34. The number of benzene rings is 1. The van der Waals surface area contributed by atoms with Gasteiger partial charge in [-0.15, -0.1) is 5.10 Å². The van der Waals surface area contributed by atoms with Gasteiger partial charge in [0.15, 0.2) is 0 Å². The first-order valence-electron chi connectivity index (χ1n) is 5.23. The normalized spacial score (nSPS) is 12.6. The van der Waals surface area contributed by atoms with Crippen LogP contribution in [0.1, 0.15) is 18.3 Å². The predicted octanol–water partition coefficient (Wildman–Crippen LogP) is 1.81. The summed E-state index contributed by atoms with van der Waals surface area (Å²) in [4.78, 5) is 4.09. The molecule has 0 fully saturated rings. The van der Waals surface area contributed by atoms with Crippen molar-refractivity contribution in [3.05, 3.63) is 41.5 Å². The number of rotatable bonds is 4. The highest BCUT2D eigenvalue weighted by atomic mass is 32.2. The quantitative estimate of drug-likeness (QED) is 0.904. The lowest BCUT2D eigenvalue weighted by atomic mass is 10.2. The van der Waals surface area contributed by atoms with Gasteiger partial charge in [-0.05, 0) is 17.7 Å². The first-order valence-corrected chi connectivity index (χ1v) is 6.55. The van der Waals surface area contributed by atoms with Crippen LogP contribution in [-0.4, -0.2) is 19.4 Å². The monoisotopic (exact) mass is 253 g/mol. The molecule has 0 aliphatic heterocycles. The third-order valence-corrected chi connectivity index (χ3v) is 3.42. The number of aromatic amines is 1. The van der Waals surface area contributed by atoms with Gasteiger partial charge in [0.1, 0.15) is 11.6 Å². The fraction of sp³-hybridized carbons (Fsp3) is 0.273. The van der Waals surface area contributed by atoms with Gasteiger partial charge in [0.2, 0.25) is 5.16 Å². The summed E-state index contributed by atoms with van der Waals surface area (Å²) in [6, 6.07) is 6.05. The second-order valence-corrected chi connectivity index (χ2v) is 4.88. The molecule has 0 aliphatic carbocycles. The third kappa shape index (κ3) is 2.97. The summed E-state index contributed by atoms with van der Waals surface area (Å²) in [5, 5.41) is 6.85. The number of nitrogens with one attached hydrogen (secondary N) is 1. The van der Waals surface area contributed by atoms with Crippen molar-refractivity contribution >= 4 is 10.8 Å². The van der Waals surface area contributed by atoms with Crippen molar-refractivity contribution in [3.8, 4) is 0 Å². The van der Waals surface area contributed by atoms with Crippen LogP contribution in [0.3, 0.4) is 0 Å². The van der Waals surface area contributed by atoms with Crippen molar-refractivity contribution in [2.75, 3.05) is 0 Å². The maximum atomic E-state index is 12.9. The molecule has 0 saturated heterocycles. The summed E-state index contributed by atoms with van der Waals surface area (Å²) in [5.41, 5.74) is 0.672. The predicted molar refractivity (Wildman–Crippen MR) is 62.3 cm³/mol. The molecule has 4 nitrogen and oxygen atoms in total. The molecule has 1 heterocycles.